The first-order chi connectivity index (χ1) is 7.68. The van der Waals surface area contributed by atoms with Crippen LogP contribution in [0.5, 0.6) is 0 Å². The summed E-state index contributed by atoms with van der Waals surface area (Å²) in [6, 6.07) is 4.56. The van der Waals surface area contributed by atoms with Gasteiger partial charge in [0.2, 0.25) is 10.0 Å². The van der Waals surface area contributed by atoms with Crippen LogP contribution in [0.1, 0.15) is 19.4 Å². The van der Waals surface area contributed by atoms with Gasteiger partial charge >= 0.3 is 0 Å². The highest BCUT2D eigenvalue weighted by atomic mass is 35.5. The first-order valence-electron chi connectivity index (χ1n) is 5.09. The Bertz CT molecular complexity index is 511. The van der Waals surface area contributed by atoms with Crippen LogP contribution in [0.15, 0.2) is 23.1 Å². The van der Waals surface area contributed by atoms with E-state index in [0.29, 0.717) is 10.6 Å². The van der Waals surface area contributed by atoms with Crippen molar-refractivity contribution in [3.8, 4) is 0 Å². The van der Waals surface area contributed by atoms with Crippen molar-refractivity contribution >= 4 is 21.6 Å². The van der Waals surface area contributed by atoms with Gasteiger partial charge in [-0.25, -0.2) is 13.1 Å². The Hall–Kier alpha value is -0.620. The first-order valence-corrected chi connectivity index (χ1v) is 6.95. The van der Waals surface area contributed by atoms with Crippen LogP contribution in [0.4, 0.5) is 0 Å². The van der Waals surface area contributed by atoms with E-state index < -0.39 is 15.6 Å². The van der Waals surface area contributed by atoms with E-state index in [1.807, 2.05) is 0 Å². The molecule has 2 N–H and O–H groups in total. The number of aryl methyl sites for hydroxylation is 1. The minimum Gasteiger partial charge on any atom is -0.394 e. The van der Waals surface area contributed by atoms with Crippen LogP contribution in [0.2, 0.25) is 5.02 Å². The maximum Gasteiger partial charge on any atom is 0.241 e. The standard InChI is InChI=1S/C11H16ClNO3S/c1-8-6-9(12)4-5-10(8)17(15,16)13-11(2,3)7-14/h4-6,13-14H,7H2,1-3H3. The molecule has 0 bridgehead atoms. The van der Waals surface area contributed by atoms with Crippen molar-refractivity contribution in [2.45, 2.75) is 31.2 Å². The molecule has 0 amide bonds. The van der Waals surface area contributed by atoms with Gasteiger partial charge in [-0.05, 0) is 44.5 Å². The summed E-state index contributed by atoms with van der Waals surface area (Å²) >= 11 is 5.77. The molecular weight excluding hydrogens is 262 g/mol. The molecule has 0 radical (unpaired) electrons. The molecule has 1 aromatic rings. The second kappa shape index (κ2) is 4.94. The Labute approximate surface area is 107 Å². The van der Waals surface area contributed by atoms with Crippen LogP contribution in [0, 0.1) is 6.92 Å². The minimum atomic E-state index is -3.65. The van der Waals surface area contributed by atoms with Crippen molar-refractivity contribution in [3.63, 3.8) is 0 Å². The van der Waals surface area contributed by atoms with Crippen molar-refractivity contribution in [3.05, 3.63) is 28.8 Å². The van der Waals surface area contributed by atoms with Crippen LogP contribution in [-0.4, -0.2) is 25.7 Å². The summed E-state index contributed by atoms with van der Waals surface area (Å²) in [4.78, 5) is 0.170. The molecule has 4 nitrogen and oxygen atoms in total. The maximum absolute atomic E-state index is 12.1. The molecule has 96 valence electrons. The molecule has 0 fully saturated rings. The number of benzene rings is 1. The Morgan fingerprint density at radius 1 is 1.41 bits per heavy atom. The van der Waals surface area contributed by atoms with Gasteiger partial charge in [-0.3, -0.25) is 0 Å². The van der Waals surface area contributed by atoms with E-state index in [-0.39, 0.29) is 11.5 Å². The lowest BCUT2D eigenvalue weighted by Gasteiger charge is -2.23. The number of aliphatic hydroxyl groups is 1. The van der Waals surface area contributed by atoms with Gasteiger partial charge in [0.15, 0.2) is 0 Å². The van der Waals surface area contributed by atoms with E-state index in [4.69, 9.17) is 16.7 Å². The average molecular weight is 278 g/mol. The number of hydrogen-bond donors (Lipinski definition) is 2. The van der Waals surface area contributed by atoms with E-state index in [1.54, 1.807) is 26.8 Å². The highest BCUT2D eigenvalue weighted by Gasteiger charge is 2.26. The van der Waals surface area contributed by atoms with Gasteiger partial charge in [0.05, 0.1) is 17.0 Å². The van der Waals surface area contributed by atoms with Gasteiger partial charge in [0, 0.05) is 5.02 Å². The summed E-state index contributed by atoms with van der Waals surface area (Å²) < 4.78 is 26.6. The van der Waals surface area contributed by atoms with Gasteiger partial charge in [-0.15, -0.1) is 0 Å². The normalized spacial score (nSPS) is 12.8. The van der Waals surface area contributed by atoms with Crippen molar-refractivity contribution < 1.29 is 13.5 Å². The van der Waals surface area contributed by atoms with Crippen LogP contribution >= 0.6 is 11.6 Å². The fraction of sp³-hybridized carbons (Fsp3) is 0.455. The quantitative estimate of drug-likeness (QED) is 0.880. The lowest BCUT2D eigenvalue weighted by atomic mass is 10.1. The molecule has 6 heteroatoms. The summed E-state index contributed by atoms with van der Waals surface area (Å²) in [5.41, 5.74) is -0.330. The number of hydrogen-bond acceptors (Lipinski definition) is 3. The molecule has 0 spiro atoms. The van der Waals surface area contributed by atoms with Gasteiger partial charge in [0.1, 0.15) is 0 Å². The summed E-state index contributed by atoms with van der Waals surface area (Å²) in [5.74, 6) is 0. The van der Waals surface area contributed by atoms with E-state index >= 15 is 0 Å². The Morgan fingerprint density at radius 2 is 2.00 bits per heavy atom. The summed E-state index contributed by atoms with van der Waals surface area (Å²) in [5, 5.41) is 9.56. The molecular formula is C11H16ClNO3S. The summed E-state index contributed by atoms with van der Waals surface area (Å²) in [6.07, 6.45) is 0. The molecule has 0 saturated carbocycles. The van der Waals surface area contributed by atoms with Gasteiger partial charge in [-0.1, -0.05) is 11.6 Å². The second-order valence-electron chi connectivity index (χ2n) is 4.56. The van der Waals surface area contributed by atoms with E-state index in [9.17, 15) is 8.42 Å². The smallest absolute Gasteiger partial charge is 0.241 e. The second-order valence-corrected chi connectivity index (χ2v) is 6.64. The van der Waals surface area contributed by atoms with Crippen molar-refractivity contribution in [2.24, 2.45) is 0 Å². The van der Waals surface area contributed by atoms with E-state index in [0.717, 1.165) is 0 Å². The number of aliphatic hydroxyl groups excluding tert-OH is 1. The third-order valence-electron chi connectivity index (χ3n) is 2.23. The lowest BCUT2D eigenvalue weighted by molar-refractivity contribution is 0.208. The molecule has 1 aromatic carbocycles. The molecule has 0 aliphatic heterocycles. The van der Waals surface area contributed by atoms with Crippen LogP contribution in [-0.2, 0) is 10.0 Å². The van der Waals surface area contributed by atoms with Crippen LogP contribution < -0.4 is 4.72 Å². The summed E-state index contributed by atoms with van der Waals surface area (Å²) in [7, 11) is -3.65. The SMILES string of the molecule is Cc1cc(Cl)ccc1S(=O)(=O)NC(C)(C)CO. The largest absolute Gasteiger partial charge is 0.394 e. The highest BCUT2D eigenvalue weighted by Crippen LogP contribution is 2.20. The molecule has 0 saturated heterocycles. The third-order valence-corrected chi connectivity index (χ3v) is 4.33. The van der Waals surface area contributed by atoms with Crippen LogP contribution in [0.25, 0.3) is 0 Å². The molecule has 0 atom stereocenters. The topological polar surface area (TPSA) is 66.4 Å². The average Bonchev–Trinajstić information content (AvgIpc) is 2.15. The van der Waals surface area contributed by atoms with Gasteiger partial charge in [0.25, 0.3) is 0 Å². The fourth-order valence-corrected chi connectivity index (χ4v) is 3.22. The van der Waals surface area contributed by atoms with Crippen LogP contribution in [0.3, 0.4) is 0 Å². The predicted molar refractivity (Wildman–Crippen MR) is 67.7 cm³/mol. The number of sulfonamides is 1. The zero-order valence-electron chi connectivity index (χ0n) is 9.99. The number of rotatable bonds is 4. The lowest BCUT2D eigenvalue weighted by Crippen LogP contribution is -2.46. The zero-order chi connectivity index (χ0) is 13.3. The number of nitrogens with one attached hydrogen (secondary N) is 1. The Balaban J connectivity index is 3.14. The monoisotopic (exact) mass is 277 g/mol. The Kier molecular flexibility index (Phi) is 4.19. The van der Waals surface area contributed by atoms with Gasteiger partial charge < -0.3 is 5.11 Å². The molecule has 0 unspecified atom stereocenters. The highest BCUT2D eigenvalue weighted by molar-refractivity contribution is 7.89. The Morgan fingerprint density at radius 3 is 2.47 bits per heavy atom. The number of halogens is 1. The molecule has 0 aliphatic rings. The molecule has 0 aliphatic carbocycles. The molecule has 0 aromatic heterocycles. The van der Waals surface area contributed by atoms with Crippen molar-refractivity contribution in [2.75, 3.05) is 6.61 Å². The minimum absolute atomic E-state index is 0.170. The zero-order valence-corrected chi connectivity index (χ0v) is 11.6. The van der Waals surface area contributed by atoms with Gasteiger partial charge in [-0.2, -0.15) is 0 Å². The molecule has 1 rings (SSSR count). The molecule has 17 heavy (non-hydrogen) atoms. The predicted octanol–water partition coefficient (Wildman–Crippen LogP) is 1.70. The maximum atomic E-state index is 12.1. The molecule has 0 heterocycles. The van der Waals surface area contributed by atoms with Crippen molar-refractivity contribution in [1.29, 1.82) is 0 Å². The van der Waals surface area contributed by atoms with E-state index in [1.165, 1.54) is 12.1 Å². The first kappa shape index (κ1) is 14.4. The fourth-order valence-electron chi connectivity index (χ4n) is 1.37. The summed E-state index contributed by atoms with van der Waals surface area (Å²) in [6.45, 7) is 4.61. The van der Waals surface area contributed by atoms with E-state index in [2.05, 4.69) is 4.72 Å². The van der Waals surface area contributed by atoms with Crippen molar-refractivity contribution in [1.82, 2.24) is 4.72 Å². The third kappa shape index (κ3) is 3.67.